The Morgan fingerprint density at radius 1 is 0.667 bits per heavy atom. The van der Waals surface area contributed by atoms with E-state index in [1.54, 1.807) is 0 Å². The summed E-state index contributed by atoms with van der Waals surface area (Å²) in [6.45, 7) is 0. The molecule has 24 heavy (non-hydrogen) atoms. The highest BCUT2D eigenvalue weighted by Crippen LogP contribution is 2.35. The van der Waals surface area contributed by atoms with E-state index in [1.165, 1.54) is 5.39 Å². The van der Waals surface area contributed by atoms with Gasteiger partial charge in [-0.05, 0) is 18.2 Å². The van der Waals surface area contributed by atoms with Gasteiger partial charge in [0.15, 0.2) is 0 Å². The van der Waals surface area contributed by atoms with Crippen LogP contribution in [-0.4, -0.2) is 15.2 Å². The molecule has 0 fully saturated rings. The highest BCUT2D eigenvalue weighted by atomic mass is 15.1. The van der Waals surface area contributed by atoms with E-state index in [0.29, 0.717) is 0 Å². The Morgan fingerprint density at radius 3 is 2.25 bits per heavy atom. The third kappa shape index (κ3) is 1.95. The Morgan fingerprint density at radius 2 is 1.38 bits per heavy atom. The number of hydrogen-bond acceptors (Lipinski definition) is 1. The lowest BCUT2D eigenvalue weighted by atomic mass is 9.99. The number of fused-ring (bicyclic) bond motifs is 2. The minimum Gasteiger partial charge on any atom is -0.355 e. The van der Waals surface area contributed by atoms with E-state index in [-0.39, 0.29) is 0 Å². The molecule has 0 aliphatic heterocycles. The molecule has 0 spiro atoms. The van der Waals surface area contributed by atoms with Crippen LogP contribution in [0.4, 0.5) is 0 Å². The summed E-state index contributed by atoms with van der Waals surface area (Å²) in [5.74, 6) is 0. The molecule has 0 saturated carbocycles. The first-order valence-corrected chi connectivity index (χ1v) is 8.01. The van der Waals surface area contributed by atoms with Crippen molar-refractivity contribution in [1.82, 2.24) is 15.2 Å². The van der Waals surface area contributed by atoms with Gasteiger partial charge >= 0.3 is 0 Å². The molecular formula is C21H15N3. The van der Waals surface area contributed by atoms with E-state index >= 15 is 0 Å². The fraction of sp³-hybridized carbons (Fsp3) is 0. The molecule has 2 N–H and O–H groups in total. The van der Waals surface area contributed by atoms with Crippen LogP contribution in [0.15, 0.2) is 78.9 Å². The van der Waals surface area contributed by atoms with Gasteiger partial charge in [0.2, 0.25) is 0 Å². The summed E-state index contributed by atoms with van der Waals surface area (Å²) in [7, 11) is 0. The molecule has 0 aliphatic carbocycles. The van der Waals surface area contributed by atoms with Crippen LogP contribution in [0.1, 0.15) is 0 Å². The molecule has 3 nitrogen and oxygen atoms in total. The van der Waals surface area contributed by atoms with Crippen molar-refractivity contribution in [3.05, 3.63) is 78.9 Å². The van der Waals surface area contributed by atoms with E-state index in [0.717, 1.165) is 38.9 Å². The number of H-pyrrole nitrogens is 2. The molecule has 0 saturated heterocycles. The zero-order chi connectivity index (χ0) is 15.9. The van der Waals surface area contributed by atoms with Crippen molar-refractivity contribution in [1.29, 1.82) is 0 Å². The van der Waals surface area contributed by atoms with Gasteiger partial charge < -0.3 is 4.98 Å². The van der Waals surface area contributed by atoms with E-state index < -0.39 is 0 Å². The second-order valence-corrected chi connectivity index (χ2v) is 5.93. The van der Waals surface area contributed by atoms with Gasteiger partial charge in [-0.3, -0.25) is 5.10 Å². The first-order chi connectivity index (χ1) is 11.9. The second-order valence-electron chi connectivity index (χ2n) is 5.93. The molecule has 2 aromatic heterocycles. The van der Waals surface area contributed by atoms with Gasteiger partial charge in [0.05, 0.1) is 5.52 Å². The number of benzene rings is 3. The highest BCUT2D eigenvalue weighted by molar-refractivity contribution is 5.98. The van der Waals surface area contributed by atoms with Crippen molar-refractivity contribution >= 4 is 21.8 Å². The summed E-state index contributed by atoms with van der Waals surface area (Å²) in [5.41, 5.74) is 6.58. The molecule has 5 rings (SSSR count). The summed E-state index contributed by atoms with van der Waals surface area (Å²) in [6, 6.07) is 27.2. The van der Waals surface area contributed by atoms with Crippen LogP contribution in [0.2, 0.25) is 0 Å². The summed E-state index contributed by atoms with van der Waals surface area (Å²) in [4.78, 5) is 3.52. The van der Waals surface area contributed by atoms with E-state index in [1.807, 2.05) is 12.1 Å². The van der Waals surface area contributed by atoms with Gasteiger partial charge in [0, 0.05) is 33.1 Å². The lowest BCUT2D eigenvalue weighted by Gasteiger charge is -2.06. The number of para-hydroxylation sites is 2. The predicted octanol–water partition coefficient (Wildman–Crippen LogP) is 5.38. The Bertz CT molecular complexity index is 1130. The van der Waals surface area contributed by atoms with E-state index in [2.05, 4.69) is 81.9 Å². The Kier molecular flexibility index (Phi) is 2.79. The molecule has 0 radical (unpaired) electrons. The number of aromatic amines is 2. The third-order valence-corrected chi connectivity index (χ3v) is 4.47. The standard InChI is InChI=1S/C21H15N3/c1-5-11-18-14(7-1)13-20(22-18)15-8-2-3-9-16(15)21-17-10-4-6-12-19(17)23-24-21/h1-13,22H,(H,23,24). The van der Waals surface area contributed by atoms with Crippen LogP contribution in [0.25, 0.3) is 44.3 Å². The molecule has 0 atom stereocenters. The van der Waals surface area contributed by atoms with Crippen LogP contribution in [0.5, 0.6) is 0 Å². The monoisotopic (exact) mass is 309 g/mol. The summed E-state index contributed by atoms with van der Waals surface area (Å²) >= 11 is 0. The summed E-state index contributed by atoms with van der Waals surface area (Å²) in [6.07, 6.45) is 0. The lowest BCUT2D eigenvalue weighted by Crippen LogP contribution is -1.86. The van der Waals surface area contributed by atoms with Crippen LogP contribution in [0, 0.1) is 0 Å². The van der Waals surface area contributed by atoms with Gasteiger partial charge in [-0.2, -0.15) is 5.10 Å². The van der Waals surface area contributed by atoms with Gasteiger partial charge in [-0.1, -0.05) is 60.7 Å². The summed E-state index contributed by atoms with van der Waals surface area (Å²) < 4.78 is 0. The fourth-order valence-electron chi connectivity index (χ4n) is 3.31. The SMILES string of the molecule is c1ccc(-c2n[nH]c3ccccc23)c(-c2cc3ccccc3[nH]2)c1. The quantitative estimate of drug-likeness (QED) is 0.452. The molecule has 114 valence electrons. The minimum atomic E-state index is 0.986. The number of aromatic nitrogens is 3. The average molecular weight is 309 g/mol. The zero-order valence-electron chi connectivity index (χ0n) is 13.0. The van der Waals surface area contributed by atoms with Crippen LogP contribution >= 0.6 is 0 Å². The van der Waals surface area contributed by atoms with Crippen LogP contribution in [-0.2, 0) is 0 Å². The minimum absolute atomic E-state index is 0.986. The molecule has 0 bridgehead atoms. The van der Waals surface area contributed by atoms with Crippen molar-refractivity contribution in [2.24, 2.45) is 0 Å². The average Bonchev–Trinajstić information content (AvgIpc) is 3.26. The van der Waals surface area contributed by atoms with Crippen molar-refractivity contribution < 1.29 is 0 Å². The second kappa shape index (κ2) is 5.10. The smallest absolute Gasteiger partial charge is 0.101 e. The maximum absolute atomic E-state index is 4.57. The first-order valence-electron chi connectivity index (χ1n) is 8.01. The molecule has 2 heterocycles. The zero-order valence-corrected chi connectivity index (χ0v) is 13.0. The van der Waals surface area contributed by atoms with Crippen molar-refractivity contribution in [2.75, 3.05) is 0 Å². The Labute approximate surface area is 139 Å². The largest absolute Gasteiger partial charge is 0.355 e. The Hall–Kier alpha value is -3.33. The van der Waals surface area contributed by atoms with E-state index in [9.17, 15) is 0 Å². The van der Waals surface area contributed by atoms with Gasteiger partial charge in [-0.15, -0.1) is 0 Å². The van der Waals surface area contributed by atoms with Crippen molar-refractivity contribution in [3.8, 4) is 22.5 Å². The topological polar surface area (TPSA) is 44.5 Å². The predicted molar refractivity (Wildman–Crippen MR) is 98.8 cm³/mol. The number of hydrogen-bond donors (Lipinski definition) is 2. The fourth-order valence-corrected chi connectivity index (χ4v) is 3.31. The van der Waals surface area contributed by atoms with Crippen molar-refractivity contribution in [3.63, 3.8) is 0 Å². The molecule has 3 aromatic carbocycles. The van der Waals surface area contributed by atoms with Gasteiger partial charge in [0.1, 0.15) is 5.69 Å². The lowest BCUT2D eigenvalue weighted by molar-refractivity contribution is 1.12. The maximum atomic E-state index is 4.57. The molecule has 0 amide bonds. The normalized spacial score (nSPS) is 11.3. The molecule has 0 unspecified atom stereocenters. The van der Waals surface area contributed by atoms with Crippen LogP contribution in [0.3, 0.4) is 0 Å². The van der Waals surface area contributed by atoms with Crippen molar-refractivity contribution in [2.45, 2.75) is 0 Å². The Balaban J connectivity index is 1.76. The summed E-state index contributed by atoms with van der Waals surface area (Å²) in [5, 5.41) is 10.1. The third-order valence-electron chi connectivity index (χ3n) is 4.47. The number of nitrogens with zero attached hydrogens (tertiary/aromatic N) is 1. The first kappa shape index (κ1) is 13.1. The maximum Gasteiger partial charge on any atom is 0.101 e. The highest BCUT2D eigenvalue weighted by Gasteiger charge is 2.14. The van der Waals surface area contributed by atoms with Crippen LogP contribution < -0.4 is 0 Å². The molecule has 3 heteroatoms. The number of rotatable bonds is 2. The van der Waals surface area contributed by atoms with Gasteiger partial charge in [0.25, 0.3) is 0 Å². The number of nitrogens with one attached hydrogen (secondary N) is 2. The molecule has 0 aliphatic rings. The molecular weight excluding hydrogens is 294 g/mol. The van der Waals surface area contributed by atoms with Gasteiger partial charge in [-0.25, -0.2) is 0 Å². The van der Waals surface area contributed by atoms with E-state index in [4.69, 9.17) is 0 Å². The molecule has 5 aromatic rings.